The summed E-state index contributed by atoms with van der Waals surface area (Å²) < 4.78 is 5.15. The Balaban J connectivity index is 2.10. The lowest BCUT2D eigenvalue weighted by atomic mass is 10.3. The van der Waals surface area contributed by atoms with Gasteiger partial charge in [-0.1, -0.05) is 0 Å². The highest BCUT2D eigenvalue weighted by Crippen LogP contribution is 2.32. The number of nitrogens with zero attached hydrogens (tertiary/aromatic N) is 2. The van der Waals surface area contributed by atoms with E-state index in [0.29, 0.717) is 11.9 Å². The first-order chi connectivity index (χ1) is 7.85. The molecule has 1 aliphatic carbocycles. The van der Waals surface area contributed by atoms with Crippen LogP contribution in [-0.4, -0.2) is 31.2 Å². The van der Waals surface area contributed by atoms with Gasteiger partial charge >= 0.3 is 0 Å². The van der Waals surface area contributed by atoms with Gasteiger partial charge in [0.1, 0.15) is 0 Å². The molecule has 1 aromatic rings. The molecule has 0 atom stereocenters. The number of aromatic nitrogens is 1. The van der Waals surface area contributed by atoms with Crippen LogP contribution in [0.15, 0.2) is 18.3 Å². The number of anilines is 1. The molecule has 1 aromatic heterocycles. The summed E-state index contributed by atoms with van der Waals surface area (Å²) in [5, 5.41) is 0. The van der Waals surface area contributed by atoms with Gasteiger partial charge in [0.25, 0.3) is 0 Å². The molecule has 0 unspecified atom stereocenters. The van der Waals surface area contributed by atoms with E-state index in [4.69, 9.17) is 10.5 Å². The Labute approximate surface area is 96.4 Å². The highest BCUT2D eigenvalue weighted by molar-refractivity contribution is 5.50. The standard InChI is InChI=1S/C12H19N3O/c1-16-12-9-11(5-7-14-12)15(8-2-6-13)10-3-4-10/h5,7,9-10H,2-4,6,8,13H2,1H3. The number of methoxy groups -OCH3 is 1. The molecule has 0 bridgehead atoms. The van der Waals surface area contributed by atoms with Gasteiger partial charge in [0.05, 0.1) is 7.11 Å². The zero-order valence-electron chi connectivity index (χ0n) is 9.72. The summed E-state index contributed by atoms with van der Waals surface area (Å²) >= 11 is 0. The van der Waals surface area contributed by atoms with Gasteiger partial charge in [-0.15, -0.1) is 0 Å². The van der Waals surface area contributed by atoms with Crippen LogP contribution in [0.5, 0.6) is 5.88 Å². The van der Waals surface area contributed by atoms with Crippen LogP contribution < -0.4 is 15.4 Å². The van der Waals surface area contributed by atoms with Gasteiger partial charge in [-0.3, -0.25) is 0 Å². The van der Waals surface area contributed by atoms with Crippen molar-refractivity contribution in [2.45, 2.75) is 25.3 Å². The van der Waals surface area contributed by atoms with Crippen LogP contribution in [0.25, 0.3) is 0 Å². The Bertz CT molecular complexity index is 339. The maximum Gasteiger partial charge on any atom is 0.214 e. The molecule has 0 amide bonds. The van der Waals surface area contributed by atoms with Crippen molar-refractivity contribution in [3.05, 3.63) is 18.3 Å². The third kappa shape index (κ3) is 2.64. The quantitative estimate of drug-likeness (QED) is 0.789. The first-order valence-corrected chi connectivity index (χ1v) is 5.82. The molecule has 0 radical (unpaired) electrons. The zero-order valence-corrected chi connectivity index (χ0v) is 9.72. The zero-order chi connectivity index (χ0) is 11.4. The van der Waals surface area contributed by atoms with Crippen molar-refractivity contribution < 1.29 is 4.74 Å². The first kappa shape index (κ1) is 11.2. The molecule has 4 heteroatoms. The molecule has 88 valence electrons. The van der Waals surface area contributed by atoms with E-state index in [1.807, 2.05) is 12.1 Å². The second-order valence-corrected chi connectivity index (χ2v) is 4.12. The normalized spacial score (nSPS) is 14.9. The fourth-order valence-corrected chi connectivity index (χ4v) is 1.86. The molecule has 2 rings (SSSR count). The number of rotatable bonds is 6. The molecule has 0 aliphatic heterocycles. The summed E-state index contributed by atoms with van der Waals surface area (Å²) in [6.45, 7) is 1.76. The minimum absolute atomic E-state index is 0.677. The fraction of sp³-hybridized carbons (Fsp3) is 0.583. The molecule has 0 aromatic carbocycles. The van der Waals surface area contributed by atoms with E-state index in [1.165, 1.54) is 18.5 Å². The van der Waals surface area contributed by atoms with Crippen molar-refractivity contribution in [3.8, 4) is 5.88 Å². The van der Waals surface area contributed by atoms with E-state index in [-0.39, 0.29) is 0 Å². The van der Waals surface area contributed by atoms with Crippen molar-refractivity contribution in [1.82, 2.24) is 4.98 Å². The summed E-state index contributed by atoms with van der Waals surface area (Å²) in [7, 11) is 1.65. The van der Waals surface area contributed by atoms with Crippen LogP contribution in [0.4, 0.5) is 5.69 Å². The van der Waals surface area contributed by atoms with Crippen LogP contribution in [0, 0.1) is 0 Å². The van der Waals surface area contributed by atoms with Crippen LogP contribution in [-0.2, 0) is 0 Å². The highest BCUT2D eigenvalue weighted by atomic mass is 16.5. The lowest BCUT2D eigenvalue weighted by Gasteiger charge is -2.24. The van der Waals surface area contributed by atoms with Gasteiger partial charge in [-0.05, 0) is 31.9 Å². The van der Waals surface area contributed by atoms with Gasteiger partial charge in [-0.25, -0.2) is 4.98 Å². The Morgan fingerprint density at radius 2 is 2.38 bits per heavy atom. The van der Waals surface area contributed by atoms with Gasteiger partial charge in [-0.2, -0.15) is 0 Å². The molecular weight excluding hydrogens is 202 g/mol. The van der Waals surface area contributed by atoms with E-state index in [9.17, 15) is 0 Å². The molecule has 0 spiro atoms. The van der Waals surface area contributed by atoms with Gasteiger partial charge in [0.2, 0.25) is 5.88 Å². The molecule has 1 heterocycles. The molecule has 1 fully saturated rings. The molecule has 1 saturated carbocycles. The lowest BCUT2D eigenvalue weighted by molar-refractivity contribution is 0.398. The fourth-order valence-electron chi connectivity index (χ4n) is 1.86. The van der Waals surface area contributed by atoms with Crippen molar-refractivity contribution >= 4 is 5.69 Å². The minimum atomic E-state index is 0.677. The van der Waals surface area contributed by atoms with E-state index in [1.54, 1.807) is 13.3 Å². The van der Waals surface area contributed by atoms with Crippen LogP contribution in [0.3, 0.4) is 0 Å². The van der Waals surface area contributed by atoms with E-state index in [0.717, 1.165) is 19.5 Å². The van der Waals surface area contributed by atoms with Crippen molar-refractivity contribution in [1.29, 1.82) is 0 Å². The smallest absolute Gasteiger partial charge is 0.214 e. The maximum atomic E-state index is 5.57. The maximum absolute atomic E-state index is 5.57. The monoisotopic (exact) mass is 221 g/mol. The van der Waals surface area contributed by atoms with Crippen LogP contribution in [0.2, 0.25) is 0 Å². The average Bonchev–Trinajstić information content (AvgIpc) is 3.14. The predicted octanol–water partition coefficient (Wildman–Crippen LogP) is 1.41. The van der Waals surface area contributed by atoms with Crippen LogP contribution >= 0.6 is 0 Å². The summed E-state index contributed by atoms with van der Waals surface area (Å²) in [6, 6.07) is 4.73. The van der Waals surface area contributed by atoms with Crippen molar-refractivity contribution in [2.75, 3.05) is 25.1 Å². The second-order valence-electron chi connectivity index (χ2n) is 4.12. The summed E-state index contributed by atoms with van der Waals surface area (Å²) in [5.74, 6) is 0.677. The Kier molecular flexibility index (Phi) is 3.62. The molecule has 2 N–H and O–H groups in total. The topological polar surface area (TPSA) is 51.4 Å². The third-order valence-electron chi connectivity index (χ3n) is 2.85. The largest absolute Gasteiger partial charge is 0.481 e. The highest BCUT2D eigenvalue weighted by Gasteiger charge is 2.28. The van der Waals surface area contributed by atoms with Crippen molar-refractivity contribution in [3.63, 3.8) is 0 Å². The van der Waals surface area contributed by atoms with Gasteiger partial charge in [0.15, 0.2) is 0 Å². The SMILES string of the molecule is COc1cc(N(CCCN)C2CC2)ccn1. The Morgan fingerprint density at radius 1 is 1.56 bits per heavy atom. The van der Waals surface area contributed by atoms with Crippen molar-refractivity contribution in [2.24, 2.45) is 5.73 Å². The summed E-state index contributed by atoms with van der Waals surface area (Å²) in [6.07, 6.45) is 5.40. The number of hydrogen-bond acceptors (Lipinski definition) is 4. The Morgan fingerprint density at radius 3 is 3.00 bits per heavy atom. The van der Waals surface area contributed by atoms with E-state index < -0.39 is 0 Å². The molecular formula is C12H19N3O. The number of hydrogen-bond donors (Lipinski definition) is 1. The van der Waals surface area contributed by atoms with E-state index >= 15 is 0 Å². The Hall–Kier alpha value is -1.29. The summed E-state index contributed by atoms with van der Waals surface area (Å²) in [4.78, 5) is 6.54. The molecule has 4 nitrogen and oxygen atoms in total. The van der Waals surface area contributed by atoms with Gasteiger partial charge < -0.3 is 15.4 Å². The van der Waals surface area contributed by atoms with E-state index in [2.05, 4.69) is 9.88 Å². The number of pyridine rings is 1. The minimum Gasteiger partial charge on any atom is -0.481 e. The average molecular weight is 221 g/mol. The first-order valence-electron chi connectivity index (χ1n) is 5.82. The molecule has 16 heavy (non-hydrogen) atoms. The number of nitrogens with two attached hydrogens (primary N) is 1. The molecule has 1 aliphatic rings. The second kappa shape index (κ2) is 5.16. The summed E-state index contributed by atoms with van der Waals surface area (Å²) in [5.41, 5.74) is 6.76. The van der Waals surface area contributed by atoms with Gasteiger partial charge in [0, 0.05) is 30.5 Å². The molecule has 0 saturated heterocycles. The number of ether oxygens (including phenoxy) is 1. The lowest BCUT2D eigenvalue weighted by Crippen LogP contribution is -2.28. The van der Waals surface area contributed by atoms with Crippen LogP contribution in [0.1, 0.15) is 19.3 Å². The third-order valence-corrected chi connectivity index (χ3v) is 2.85. The predicted molar refractivity (Wildman–Crippen MR) is 64.8 cm³/mol.